The van der Waals surface area contributed by atoms with Crippen LogP contribution in [0.3, 0.4) is 0 Å². The molecule has 2 unspecified atom stereocenters. The highest BCUT2D eigenvalue weighted by Gasteiger charge is 2.40. The van der Waals surface area contributed by atoms with E-state index in [1.807, 2.05) is 38.1 Å². The third-order valence-electron chi connectivity index (χ3n) is 6.57. The van der Waals surface area contributed by atoms with Gasteiger partial charge < -0.3 is 15.7 Å². The van der Waals surface area contributed by atoms with E-state index in [-0.39, 0.29) is 50.3 Å². The molecule has 5 N–H and O–H groups in total. The molecule has 3 aromatic rings. The molecule has 1 aromatic heterocycles. The first-order chi connectivity index (χ1) is 22.8. The second-order valence-electron chi connectivity index (χ2n) is 11.6. The van der Waals surface area contributed by atoms with Crippen LogP contribution in [0.15, 0.2) is 41.2 Å². The van der Waals surface area contributed by atoms with E-state index in [1.54, 1.807) is 0 Å². The number of aliphatic carboxylic acids is 1. The van der Waals surface area contributed by atoms with Gasteiger partial charge in [-0.05, 0) is 51.0 Å². The lowest BCUT2D eigenvalue weighted by Gasteiger charge is -2.16. The Balaban J connectivity index is 0.000000280. The molecule has 22 heteroatoms. The summed E-state index contributed by atoms with van der Waals surface area (Å²) in [5, 5.41) is 14.0. The van der Waals surface area contributed by atoms with Gasteiger partial charge in [0.2, 0.25) is 10.0 Å². The van der Waals surface area contributed by atoms with Crippen LogP contribution in [0, 0.1) is 12.3 Å². The van der Waals surface area contributed by atoms with Gasteiger partial charge in [0.25, 0.3) is 5.91 Å². The Kier molecular flexibility index (Phi) is 15.0. The van der Waals surface area contributed by atoms with Gasteiger partial charge in [-0.3, -0.25) is 23.7 Å². The van der Waals surface area contributed by atoms with Gasteiger partial charge >= 0.3 is 18.2 Å². The highest BCUT2D eigenvalue weighted by molar-refractivity contribution is 7.92. The molecule has 0 spiro atoms. The molecule has 2 heterocycles. The van der Waals surface area contributed by atoms with Crippen LogP contribution in [0.25, 0.3) is 5.69 Å². The number of nitrogens with one attached hydrogen (secondary N) is 1. The number of sulfonamides is 1. The smallest absolute Gasteiger partial charge is 0.355 e. The van der Waals surface area contributed by atoms with E-state index >= 15 is 0 Å². The number of aromatic nitrogens is 3. The minimum absolute atomic E-state index is 0.00687. The third-order valence-corrected chi connectivity index (χ3v) is 9.23. The van der Waals surface area contributed by atoms with Crippen molar-refractivity contribution in [2.45, 2.75) is 46.3 Å². The fourth-order valence-corrected chi connectivity index (χ4v) is 6.02. The van der Waals surface area contributed by atoms with Crippen molar-refractivity contribution in [1.29, 1.82) is 0 Å². The largest absolute Gasteiger partial charge is 0.480 e. The third kappa shape index (κ3) is 12.6. The predicted molar refractivity (Wildman–Crippen MR) is 185 cm³/mol. The first-order valence-corrected chi connectivity index (χ1v) is 19.6. The number of halogens is 5. The summed E-state index contributed by atoms with van der Waals surface area (Å²) in [6, 6.07) is 8.74. The zero-order valence-electron chi connectivity index (χ0n) is 27.3. The molecule has 0 saturated carbocycles. The fourth-order valence-electron chi connectivity index (χ4n) is 3.93. The number of nitrogens with zero attached hydrogens (tertiary/aromatic N) is 4. The number of carboxylic acids is 1. The van der Waals surface area contributed by atoms with Gasteiger partial charge in [0.1, 0.15) is 11.9 Å². The summed E-state index contributed by atoms with van der Waals surface area (Å²) in [6.07, 6.45) is 0.902. The number of amides is 1. The van der Waals surface area contributed by atoms with Crippen LogP contribution in [-0.4, -0.2) is 81.4 Å². The number of anilines is 1. The average molecular weight is 808 g/mol. The van der Waals surface area contributed by atoms with E-state index in [2.05, 4.69) is 9.82 Å². The zero-order valence-corrected chi connectivity index (χ0v) is 31.3. The Morgan fingerprint density at radius 3 is 2.22 bits per heavy atom. The molecule has 0 bridgehead atoms. The number of carbonyl (C=O) groups excluding carboxylic acids is 1. The molecule has 1 aliphatic heterocycles. The lowest BCUT2D eigenvalue weighted by atomic mass is 9.95. The van der Waals surface area contributed by atoms with Crippen LogP contribution in [0.4, 0.5) is 14.5 Å². The van der Waals surface area contributed by atoms with Crippen LogP contribution in [0.1, 0.15) is 38.2 Å². The summed E-state index contributed by atoms with van der Waals surface area (Å²) in [4.78, 5) is 48.2. The number of hydrogen-bond donors (Lipinski definition) is 4. The monoisotopic (exact) mass is 806 g/mol. The number of rotatable bonds is 10. The standard InChI is InChI=1S/C12H14ClNO2.C11H10Cl2F2N4O3S.C5H12NO4P/c1-12(2)8-16-14(11(12)15)7-9-5-3-4-6-10(9)13;1-5-16-19(11(20)18(5)10(14)15)9-4-8(17-23(2,21)22)6(12)3-7(9)13;1-11(9,10)3-2-4(6)5(7)8/h3-6H,7-8H2,1-2H3;3-4,10,17H,1-2H3;4H,2-3,6H2,1H3,(H,7,8)(H,9,10). The normalized spacial score (nSPS) is 15.8. The summed E-state index contributed by atoms with van der Waals surface area (Å²) < 4.78 is 61.9. The van der Waals surface area contributed by atoms with Crippen molar-refractivity contribution >= 4 is 69.8 Å². The van der Waals surface area contributed by atoms with E-state index in [4.69, 9.17) is 55.4 Å². The first-order valence-electron chi connectivity index (χ1n) is 14.2. The van der Waals surface area contributed by atoms with Gasteiger partial charge in [-0.15, -0.1) is 5.10 Å². The number of hydrogen-bond acceptors (Lipinski definition) is 9. The van der Waals surface area contributed by atoms with Gasteiger partial charge in [0, 0.05) is 17.8 Å². The number of benzene rings is 2. The number of nitrogens with two attached hydrogens (primary N) is 1. The Morgan fingerprint density at radius 2 is 1.76 bits per heavy atom. The molecular formula is C28H36Cl3F2N6O9PS. The maximum Gasteiger partial charge on any atom is 0.355 e. The van der Waals surface area contributed by atoms with Crippen molar-refractivity contribution in [2.24, 2.45) is 11.1 Å². The number of hydroxylamine groups is 2. The number of carbonyl (C=O) groups is 2. The Labute approximate surface area is 301 Å². The maximum atomic E-state index is 12.8. The fraction of sp³-hybridized carbons (Fsp3) is 0.429. The Morgan fingerprint density at radius 1 is 1.16 bits per heavy atom. The average Bonchev–Trinajstić information content (AvgIpc) is 3.42. The molecule has 50 heavy (non-hydrogen) atoms. The van der Waals surface area contributed by atoms with E-state index < -0.39 is 47.1 Å². The summed E-state index contributed by atoms with van der Waals surface area (Å²) in [6.45, 7) is 3.92. The number of alkyl halides is 2. The topological polar surface area (TPSA) is 216 Å². The van der Waals surface area contributed by atoms with Crippen molar-refractivity contribution in [1.82, 2.24) is 19.4 Å². The van der Waals surface area contributed by atoms with Gasteiger partial charge in [0.15, 0.2) is 7.37 Å². The van der Waals surface area contributed by atoms with Crippen LogP contribution in [0.2, 0.25) is 15.1 Å². The van der Waals surface area contributed by atoms with Gasteiger partial charge in [-0.1, -0.05) is 53.0 Å². The molecule has 15 nitrogen and oxygen atoms in total. The molecule has 2 atom stereocenters. The lowest BCUT2D eigenvalue weighted by Crippen LogP contribution is -2.30. The zero-order chi connectivity index (χ0) is 38.4. The van der Waals surface area contributed by atoms with Crippen LogP contribution in [0.5, 0.6) is 0 Å². The second kappa shape index (κ2) is 17.4. The minimum atomic E-state index is -3.65. The minimum Gasteiger partial charge on any atom is -0.480 e. The van der Waals surface area contributed by atoms with Crippen molar-refractivity contribution in [3.63, 3.8) is 0 Å². The molecule has 2 aromatic carbocycles. The molecule has 1 aliphatic rings. The summed E-state index contributed by atoms with van der Waals surface area (Å²) in [7, 11) is -6.75. The van der Waals surface area contributed by atoms with Crippen molar-refractivity contribution in [3.05, 3.63) is 73.3 Å². The number of aryl methyl sites for hydroxylation is 1. The molecule has 0 aliphatic carbocycles. The molecular weight excluding hydrogens is 772 g/mol. The summed E-state index contributed by atoms with van der Waals surface area (Å²) in [5.74, 6) is -1.36. The quantitative estimate of drug-likeness (QED) is 0.205. The predicted octanol–water partition coefficient (Wildman–Crippen LogP) is 4.74. The van der Waals surface area contributed by atoms with E-state index in [0.29, 0.717) is 22.9 Å². The summed E-state index contributed by atoms with van der Waals surface area (Å²) >= 11 is 17.9. The molecule has 4 rings (SSSR count). The SMILES string of the molecule is CC1(C)CON(Cc2ccccc2Cl)C1=O.CP(=O)(O)CCC(N)C(=O)O.Cc1nn(-c2cc(NS(C)(=O)=O)c(Cl)cc2Cl)c(=O)n1C(F)F. The van der Waals surface area contributed by atoms with Crippen molar-refractivity contribution in [2.75, 3.05) is 30.4 Å². The molecule has 1 fully saturated rings. The molecule has 1 amide bonds. The van der Waals surface area contributed by atoms with E-state index in [0.717, 1.165) is 17.9 Å². The summed E-state index contributed by atoms with van der Waals surface area (Å²) in [5.41, 5.74) is 4.29. The second-order valence-corrected chi connectivity index (χ2v) is 17.2. The van der Waals surface area contributed by atoms with Crippen molar-refractivity contribution in [3.8, 4) is 5.69 Å². The van der Waals surface area contributed by atoms with E-state index in [9.17, 15) is 36.1 Å². The van der Waals surface area contributed by atoms with Crippen LogP contribution < -0.4 is 16.1 Å². The molecule has 0 radical (unpaired) electrons. The van der Waals surface area contributed by atoms with Gasteiger partial charge in [-0.2, -0.15) is 13.5 Å². The van der Waals surface area contributed by atoms with Gasteiger partial charge in [0.05, 0.1) is 46.2 Å². The highest BCUT2D eigenvalue weighted by atomic mass is 35.5. The van der Waals surface area contributed by atoms with Crippen LogP contribution >= 0.6 is 42.2 Å². The first kappa shape index (κ1) is 43.1. The molecule has 1 saturated heterocycles. The van der Waals surface area contributed by atoms with Crippen molar-refractivity contribution < 1.29 is 46.2 Å². The van der Waals surface area contributed by atoms with E-state index in [1.165, 1.54) is 24.7 Å². The van der Waals surface area contributed by atoms with Crippen LogP contribution in [-0.2, 0) is 35.6 Å². The molecule has 278 valence electrons. The number of carboxylic acid groups (broad SMARTS) is 1. The maximum absolute atomic E-state index is 12.8. The Bertz CT molecular complexity index is 1920. The van der Waals surface area contributed by atoms with Gasteiger partial charge in [-0.25, -0.2) is 22.8 Å². The highest BCUT2D eigenvalue weighted by Crippen LogP contribution is 2.36. The Hall–Kier alpha value is -3.09. The lowest BCUT2D eigenvalue weighted by molar-refractivity contribution is -0.165.